The molecule has 0 fully saturated rings. The van der Waals surface area contributed by atoms with Crippen LogP contribution < -0.4 is 5.32 Å². The van der Waals surface area contributed by atoms with Crippen molar-refractivity contribution < 1.29 is 4.42 Å². The Balaban J connectivity index is 1.59. The number of nitrogens with one attached hydrogen (secondary N) is 1. The third-order valence-corrected chi connectivity index (χ3v) is 3.98. The van der Waals surface area contributed by atoms with Gasteiger partial charge in [0.2, 0.25) is 11.8 Å². The molecule has 0 radical (unpaired) electrons. The molecular weight excluding hydrogens is 262 g/mol. The first-order valence-electron chi connectivity index (χ1n) is 8.02. The second-order valence-electron chi connectivity index (χ2n) is 5.69. The van der Waals surface area contributed by atoms with Crippen molar-refractivity contribution in [3.8, 4) is 11.5 Å². The molecule has 0 amide bonds. The van der Waals surface area contributed by atoms with Gasteiger partial charge in [-0.05, 0) is 68.5 Å². The highest BCUT2D eigenvalue weighted by Gasteiger charge is 2.14. The summed E-state index contributed by atoms with van der Waals surface area (Å²) in [6, 6.07) is 6.52. The van der Waals surface area contributed by atoms with Crippen molar-refractivity contribution in [1.29, 1.82) is 0 Å². The van der Waals surface area contributed by atoms with Crippen LogP contribution in [0.4, 0.5) is 0 Å². The fourth-order valence-electron chi connectivity index (χ4n) is 2.84. The smallest absolute Gasteiger partial charge is 0.247 e. The maximum Gasteiger partial charge on any atom is 0.247 e. The van der Waals surface area contributed by atoms with Gasteiger partial charge in [-0.15, -0.1) is 10.2 Å². The zero-order valence-electron chi connectivity index (χ0n) is 12.7. The van der Waals surface area contributed by atoms with Crippen molar-refractivity contribution in [3.05, 3.63) is 35.2 Å². The molecule has 0 spiro atoms. The molecule has 4 heteroatoms. The highest BCUT2D eigenvalue weighted by Crippen LogP contribution is 2.27. The van der Waals surface area contributed by atoms with E-state index >= 15 is 0 Å². The minimum Gasteiger partial charge on any atom is -0.421 e. The number of aryl methyl sites for hydroxylation is 3. The Labute approximate surface area is 126 Å². The quantitative estimate of drug-likeness (QED) is 0.794. The average molecular weight is 285 g/mol. The molecule has 2 aromatic rings. The number of hydrogen-bond acceptors (Lipinski definition) is 4. The largest absolute Gasteiger partial charge is 0.421 e. The van der Waals surface area contributed by atoms with Gasteiger partial charge >= 0.3 is 0 Å². The summed E-state index contributed by atoms with van der Waals surface area (Å²) in [4.78, 5) is 0. The zero-order valence-corrected chi connectivity index (χ0v) is 12.7. The Bertz CT molecular complexity index is 591. The van der Waals surface area contributed by atoms with E-state index in [1.165, 1.54) is 36.8 Å². The van der Waals surface area contributed by atoms with E-state index in [0.717, 1.165) is 37.4 Å². The Morgan fingerprint density at radius 3 is 2.95 bits per heavy atom. The monoisotopic (exact) mass is 285 g/mol. The SMILES string of the molecule is CCCNCCCc1nnc(-c2ccc3c(c2)CCC3)o1. The van der Waals surface area contributed by atoms with Crippen molar-refractivity contribution in [2.75, 3.05) is 13.1 Å². The van der Waals surface area contributed by atoms with Crippen LogP contribution in [0.3, 0.4) is 0 Å². The summed E-state index contributed by atoms with van der Waals surface area (Å²) in [6.45, 7) is 4.25. The molecule has 1 aliphatic rings. The molecule has 1 aromatic carbocycles. The van der Waals surface area contributed by atoms with E-state index in [1.54, 1.807) is 0 Å². The van der Waals surface area contributed by atoms with E-state index in [0.29, 0.717) is 5.89 Å². The highest BCUT2D eigenvalue weighted by molar-refractivity contribution is 5.56. The number of benzene rings is 1. The zero-order chi connectivity index (χ0) is 14.5. The second kappa shape index (κ2) is 6.85. The third kappa shape index (κ3) is 3.50. The van der Waals surface area contributed by atoms with Gasteiger partial charge in [0.1, 0.15) is 0 Å². The van der Waals surface area contributed by atoms with Crippen LogP contribution in [0, 0.1) is 0 Å². The van der Waals surface area contributed by atoms with Gasteiger partial charge in [0.05, 0.1) is 0 Å². The fraction of sp³-hybridized carbons (Fsp3) is 0.529. The normalized spacial score (nSPS) is 13.6. The number of fused-ring (bicyclic) bond motifs is 1. The van der Waals surface area contributed by atoms with E-state index in [-0.39, 0.29) is 0 Å². The van der Waals surface area contributed by atoms with Crippen LogP contribution >= 0.6 is 0 Å². The number of aromatic nitrogens is 2. The molecule has 1 N–H and O–H groups in total. The summed E-state index contributed by atoms with van der Waals surface area (Å²) in [5.41, 5.74) is 3.97. The molecular formula is C17H23N3O. The van der Waals surface area contributed by atoms with Crippen molar-refractivity contribution >= 4 is 0 Å². The highest BCUT2D eigenvalue weighted by atomic mass is 16.4. The summed E-state index contributed by atoms with van der Waals surface area (Å²) in [7, 11) is 0. The summed E-state index contributed by atoms with van der Waals surface area (Å²) in [5, 5.41) is 11.7. The van der Waals surface area contributed by atoms with Crippen LogP contribution in [0.5, 0.6) is 0 Å². The molecule has 1 aromatic heterocycles. The van der Waals surface area contributed by atoms with Gasteiger partial charge in [-0.25, -0.2) is 0 Å². The van der Waals surface area contributed by atoms with E-state index in [2.05, 4.69) is 40.6 Å². The van der Waals surface area contributed by atoms with E-state index in [9.17, 15) is 0 Å². The summed E-state index contributed by atoms with van der Waals surface area (Å²) in [6.07, 6.45) is 6.69. The Morgan fingerprint density at radius 2 is 2.05 bits per heavy atom. The minimum absolute atomic E-state index is 0.654. The van der Waals surface area contributed by atoms with Gasteiger partial charge in [-0.3, -0.25) is 0 Å². The molecule has 1 heterocycles. The Morgan fingerprint density at radius 1 is 1.14 bits per heavy atom. The van der Waals surface area contributed by atoms with E-state index in [1.807, 2.05) is 0 Å². The van der Waals surface area contributed by atoms with E-state index in [4.69, 9.17) is 4.42 Å². The predicted octanol–water partition coefficient (Wildman–Crippen LogP) is 3.16. The lowest BCUT2D eigenvalue weighted by Gasteiger charge is -2.01. The first kappa shape index (κ1) is 14.3. The second-order valence-corrected chi connectivity index (χ2v) is 5.69. The molecule has 0 unspecified atom stereocenters. The van der Waals surface area contributed by atoms with Gasteiger partial charge in [0.25, 0.3) is 0 Å². The van der Waals surface area contributed by atoms with Crippen LogP contribution in [0.25, 0.3) is 11.5 Å². The van der Waals surface area contributed by atoms with Crippen molar-refractivity contribution in [1.82, 2.24) is 15.5 Å². The maximum atomic E-state index is 5.79. The molecule has 1 aliphatic carbocycles. The van der Waals surface area contributed by atoms with Crippen molar-refractivity contribution in [2.24, 2.45) is 0 Å². The first-order valence-corrected chi connectivity index (χ1v) is 8.02. The summed E-state index contributed by atoms with van der Waals surface area (Å²) in [5.74, 6) is 1.39. The van der Waals surface area contributed by atoms with Gasteiger partial charge in [0.15, 0.2) is 0 Å². The molecule has 0 saturated carbocycles. The average Bonchev–Trinajstić information content (AvgIpc) is 3.15. The molecule has 0 bridgehead atoms. The molecule has 3 rings (SSSR count). The molecule has 0 saturated heterocycles. The Kier molecular flexibility index (Phi) is 4.65. The van der Waals surface area contributed by atoms with E-state index < -0.39 is 0 Å². The van der Waals surface area contributed by atoms with Crippen LogP contribution in [0.15, 0.2) is 22.6 Å². The Hall–Kier alpha value is -1.68. The number of rotatable bonds is 7. The third-order valence-electron chi connectivity index (χ3n) is 3.98. The van der Waals surface area contributed by atoms with Crippen molar-refractivity contribution in [3.63, 3.8) is 0 Å². The number of nitrogens with zero attached hydrogens (tertiary/aromatic N) is 2. The molecule has 4 nitrogen and oxygen atoms in total. The number of hydrogen-bond donors (Lipinski definition) is 1. The molecule has 21 heavy (non-hydrogen) atoms. The van der Waals surface area contributed by atoms with Crippen LogP contribution in [-0.4, -0.2) is 23.3 Å². The summed E-state index contributed by atoms with van der Waals surface area (Å²) >= 11 is 0. The van der Waals surface area contributed by atoms with Gasteiger partial charge in [-0.2, -0.15) is 0 Å². The fourth-order valence-corrected chi connectivity index (χ4v) is 2.84. The minimum atomic E-state index is 0.654. The van der Waals surface area contributed by atoms with Crippen LogP contribution in [0.1, 0.15) is 43.2 Å². The van der Waals surface area contributed by atoms with Crippen molar-refractivity contribution in [2.45, 2.75) is 45.4 Å². The topological polar surface area (TPSA) is 51.0 Å². The lowest BCUT2D eigenvalue weighted by molar-refractivity contribution is 0.491. The first-order chi connectivity index (χ1) is 10.4. The maximum absolute atomic E-state index is 5.79. The standard InChI is InChI=1S/C17H23N3O/c1-2-10-18-11-4-7-16-19-20-17(21-16)15-9-8-13-5-3-6-14(13)12-15/h8-9,12,18H,2-7,10-11H2,1H3. The van der Waals surface area contributed by atoms with Crippen LogP contribution in [0.2, 0.25) is 0 Å². The molecule has 112 valence electrons. The lowest BCUT2D eigenvalue weighted by Crippen LogP contribution is -2.16. The molecule has 0 aliphatic heterocycles. The van der Waals surface area contributed by atoms with Gasteiger partial charge in [0, 0.05) is 12.0 Å². The lowest BCUT2D eigenvalue weighted by atomic mass is 10.1. The van der Waals surface area contributed by atoms with Gasteiger partial charge in [-0.1, -0.05) is 13.0 Å². The van der Waals surface area contributed by atoms with Gasteiger partial charge < -0.3 is 9.73 Å². The van der Waals surface area contributed by atoms with Crippen LogP contribution in [-0.2, 0) is 19.3 Å². The molecule has 0 atom stereocenters. The summed E-state index contributed by atoms with van der Waals surface area (Å²) < 4.78 is 5.79. The predicted molar refractivity (Wildman–Crippen MR) is 83.2 cm³/mol.